The number of amides is 2. The molecule has 4 rings (SSSR count). The molecule has 0 fully saturated rings. The van der Waals surface area contributed by atoms with Crippen LogP contribution in [-0.4, -0.2) is 29.1 Å². The average Bonchev–Trinajstić information content (AvgIpc) is 3.09. The van der Waals surface area contributed by atoms with Crippen molar-refractivity contribution in [1.29, 1.82) is 0 Å². The molecule has 34 heavy (non-hydrogen) atoms. The van der Waals surface area contributed by atoms with Crippen LogP contribution in [0.1, 0.15) is 24.5 Å². The van der Waals surface area contributed by atoms with Gasteiger partial charge in [0.1, 0.15) is 0 Å². The quantitative estimate of drug-likeness (QED) is 0.372. The van der Waals surface area contributed by atoms with Crippen LogP contribution in [0.25, 0.3) is 0 Å². The highest BCUT2D eigenvalue weighted by Crippen LogP contribution is 2.45. The molecule has 6 heteroatoms. The first-order valence-corrected chi connectivity index (χ1v) is 11.3. The van der Waals surface area contributed by atoms with Crippen molar-refractivity contribution in [3.05, 3.63) is 102 Å². The number of benzene rings is 3. The second kappa shape index (κ2) is 10.0. The lowest BCUT2D eigenvalue weighted by atomic mass is 9.83. The third-order valence-corrected chi connectivity index (χ3v) is 6.25. The molecule has 0 spiro atoms. The van der Waals surface area contributed by atoms with Crippen molar-refractivity contribution < 1.29 is 19.8 Å². The highest BCUT2D eigenvalue weighted by Gasteiger charge is 2.52. The van der Waals surface area contributed by atoms with Gasteiger partial charge in [0.25, 0.3) is 5.91 Å². The Morgan fingerprint density at radius 2 is 1.62 bits per heavy atom. The molecule has 0 unspecified atom stereocenters. The van der Waals surface area contributed by atoms with E-state index in [1.165, 1.54) is 0 Å². The summed E-state index contributed by atoms with van der Waals surface area (Å²) < 4.78 is 0. The Kier molecular flexibility index (Phi) is 6.91. The highest BCUT2D eigenvalue weighted by atomic mass is 16.3. The number of rotatable bonds is 9. The normalized spacial score (nSPS) is 18.2. The molecule has 1 aliphatic heterocycles. The summed E-state index contributed by atoms with van der Waals surface area (Å²) in [5.74, 6) is -0.843. The minimum atomic E-state index is -1.68. The lowest BCUT2D eigenvalue weighted by Gasteiger charge is -2.27. The van der Waals surface area contributed by atoms with Gasteiger partial charge >= 0.3 is 0 Å². The molecule has 6 nitrogen and oxygen atoms in total. The van der Waals surface area contributed by atoms with Crippen molar-refractivity contribution >= 4 is 29.4 Å². The van der Waals surface area contributed by atoms with Gasteiger partial charge in [-0.05, 0) is 42.3 Å². The Balaban J connectivity index is 1.59. The Morgan fingerprint density at radius 3 is 2.29 bits per heavy atom. The van der Waals surface area contributed by atoms with E-state index in [9.17, 15) is 14.7 Å². The monoisotopic (exact) mass is 456 g/mol. The highest BCUT2D eigenvalue weighted by molar-refractivity contribution is 6.07. The number of hydrogen-bond acceptors (Lipinski definition) is 4. The van der Waals surface area contributed by atoms with Crippen LogP contribution in [0.2, 0.25) is 0 Å². The maximum atomic E-state index is 13.5. The third-order valence-electron chi connectivity index (χ3n) is 6.25. The Bertz CT molecular complexity index is 1180. The lowest BCUT2D eigenvalue weighted by Crippen LogP contribution is -2.44. The zero-order valence-electron chi connectivity index (χ0n) is 19.0. The van der Waals surface area contributed by atoms with Gasteiger partial charge in [0.15, 0.2) is 5.60 Å². The van der Waals surface area contributed by atoms with Crippen molar-refractivity contribution in [3.8, 4) is 0 Å². The van der Waals surface area contributed by atoms with Gasteiger partial charge in [0, 0.05) is 29.5 Å². The average molecular weight is 457 g/mol. The molecule has 1 heterocycles. The van der Waals surface area contributed by atoms with Gasteiger partial charge in [-0.2, -0.15) is 0 Å². The number of fused-ring (bicyclic) bond motifs is 1. The molecule has 0 saturated heterocycles. The molecule has 2 N–H and O–H groups in total. The Hall–Kier alpha value is -3.74. The van der Waals surface area contributed by atoms with E-state index < -0.39 is 11.5 Å². The first-order valence-electron chi connectivity index (χ1n) is 11.3. The zero-order chi connectivity index (χ0) is 24.1. The predicted molar refractivity (Wildman–Crippen MR) is 133 cm³/mol. The summed E-state index contributed by atoms with van der Waals surface area (Å²) in [6, 6.07) is 24.1. The molecule has 2 atom stereocenters. The Labute approximate surface area is 199 Å². The second-order valence-corrected chi connectivity index (χ2v) is 8.38. The van der Waals surface area contributed by atoms with E-state index in [0.717, 1.165) is 23.3 Å². The molecular weight excluding hydrogens is 428 g/mol. The van der Waals surface area contributed by atoms with E-state index in [2.05, 4.69) is 0 Å². The largest absolute Gasteiger partial charge is 0.396 e. The molecule has 0 aromatic heterocycles. The second-order valence-electron chi connectivity index (χ2n) is 8.38. The molecule has 0 bridgehead atoms. The van der Waals surface area contributed by atoms with E-state index in [4.69, 9.17) is 5.11 Å². The van der Waals surface area contributed by atoms with E-state index in [-0.39, 0.29) is 19.1 Å². The molecule has 3 aromatic carbocycles. The summed E-state index contributed by atoms with van der Waals surface area (Å²) >= 11 is 0. The van der Waals surface area contributed by atoms with E-state index in [1.807, 2.05) is 72.8 Å². The number of aliphatic hydroxyl groups is 2. The third kappa shape index (κ3) is 4.25. The molecule has 0 saturated carbocycles. The SMILES string of the molecule is C[C@H](/C=C/CCO)[C@@]1(O)C(=O)N(Cc2ccc(N(C=O)c3ccccc3)cc2)c2ccccc21. The first-order chi connectivity index (χ1) is 16.5. The van der Waals surface area contributed by atoms with Gasteiger partial charge in [-0.25, -0.2) is 0 Å². The summed E-state index contributed by atoms with van der Waals surface area (Å²) in [7, 11) is 0. The molecule has 0 radical (unpaired) electrons. The van der Waals surface area contributed by atoms with Gasteiger partial charge in [0.05, 0.1) is 12.2 Å². The minimum Gasteiger partial charge on any atom is -0.396 e. The Morgan fingerprint density at radius 1 is 0.971 bits per heavy atom. The molecule has 3 aromatic rings. The van der Waals surface area contributed by atoms with Crippen LogP contribution in [0, 0.1) is 5.92 Å². The molecule has 174 valence electrons. The van der Waals surface area contributed by atoms with Gasteiger partial charge in [0.2, 0.25) is 6.41 Å². The minimum absolute atomic E-state index is 0.0140. The van der Waals surface area contributed by atoms with Crippen LogP contribution in [-0.2, 0) is 21.7 Å². The van der Waals surface area contributed by atoms with Gasteiger partial charge < -0.3 is 15.1 Å². The molecule has 1 aliphatic rings. The number of anilines is 3. The summed E-state index contributed by atoms with van der Waals surface area (Å²) in [5, 5.41) is 20.6. The van der Waals surface area contributed by atoms with Crippen molar-refractivity contribution in [2.75, 3.05) is 16.4 Å². The van der Waals surface area contributed by atoms with Crippen molar-refractivity contribution in [1.82, 2.24) is 0 Å². The number of nitrogens with zero attached hydrogens (tertiary/aromatic N) is 2. The maximum Gasteiger partial charge on any atom is 0.264 e. The van der Waals surface area contributed by atoms with E-state index >= 15 is 0 Å². The van der Waals surface area contributed by atoms with Crippen molar-refractivity contribution in [2.45, 2.75) is 25.5 Å². The standard InChI is InChI=1S/C28H28N2O4/c1-21(9-7-8-18-31)28(34)25-12-5-6-13-26(25)29(27(28)33)19-22-14-16-24(17-15-22)30(20-32)23-10-3-2-4-11-23/h2-7,9-17,20-21,31,34H,8,18-19H2,1H3/b9-7+/t21-,28+/m1/s1. The van der Waals surface area contributed by atoms with E-state index in [0.29, 0.717) is 17.7 Å². The number of carbonyl (C=O) groups is 2. The molecule has 2 amide bonds. The lowest BCUT2D eigenvalue weighted by molar-refractivity contribution is -0.139. The van der Waals surface area contributed by atoms with Crippen LogP contribution in [0.15, 0.2) is 91.0 Å². The topological polar surface area (TPSA) is 81.1 Å². The van der Waals surface area contributed by atoms with Gasteiger partial charge in [-0.1, -0.05) is 67.6 Å². The fourth-order valence-electron chi connectivity index (χ4n) is 4.38. The predicted octanol–water partition coefficient (Wildman–Crippen LogP) is 4.29. The summed E-state index contributed by atoms with van der Waals surface area (Å²) in [5.41, 5.74) is 1.94. The van der Waals surface area contributed by atoms with Crippen LogP contribution in [0.5, 0.6) is 0 Å². The first kappa shape index (κ1) is 23.4. The zero-order valence-corrected chi connectivity index (χ0v) is 19.0. The van der Waals surface area contributed by atoms with Crippen LogP contribution in [0.3, 0.4) is 0 Å². The fraction of sp³-hybridized carbons (Fsp3) is 0.214. The number of aliphatic hydroxyl groups excluding tert-OH is 1. The molecular formula is C28H28N2O4. The summed E-state index contributed by atoms with van der Waals surface area (Å²) in [6.07, 6.45) is 4.80. The number of para-hydroxylation sites is 2. The van der Waals surface area contributed by atoms with Gasteiger partial charge in [-0.3, -0.25) is 14.5 Å². The van der Waals surface area contributed by atoms with Crippen LogP contribution >= 0.6 is 0 Å². The summed E-state index contributed by atoms with van der Waals surface area (Å²) in [4.78, 5) is 28.4. The van der Waals surface area contributed by atoms with Crippen LogP contribution in [0.4, 0.5) is 17.1 Å². The van der Waals surface area contributed by atoms with Gasteiger partial charge in [-0.15, -0.1) is 0 Å². The maximum absolute atomic E-state index is 13.5. The van der Waals surface area contributed by atoms with Crippen LogP contribution < -0.4 is 9.80 Å². The molecule has 0 aliphatic carbocycles. The van der Waals surface area contributed by atoms with E-state index in [1.54, 1.807) is 34.9 Å². The summed E-state index contributed by atoms with van der Waals surface area (Å²) in [6.45, 7) is 2.11. The van der Waals surface area contributed by atoms with Crippen molar-refractivity contribution in [2.24, 2.45) is 5.92 Å². The fourth-order valence-corrected chi connectivity index (χ4v) is 4.38. The number of carbonyl (C=O) groups excluding carboxylic acids is 2. The number of hydrogen-bond donors (Lipinski definition) is 2. The smallest absolute Gasteiger partial charge is 0.264 e. The van der Waals surface area contributed by atoms with Crippen molar-refractivity contribution in [3.63, 3.8) is 0 Å².